The van der Waals surface area contributed by atoms with Crippen LogP contribution in [0.3, 0.4) is 0 Å². The lowest BCUT2D eigenvalue weighted by molar-refractivity contribution is 0.600. The highest BCUT2D eigenvalue weighted by Crippen LogP contribution is 2.24. The summed E-state index contributed by atoms with van der Waals surface area (Å²) in [6.45, 7) is 2.03. The maximum absolute atomic E-state index is 12.3. The standard InChI is InChI=1S/C13H14ClN3O2S/c1-2-4-10-5-6-11(14)12(9-10)20(18,19)17-13-15-7-3-8-16-13/h3,5-9H,2,4H2,1H3,(H,15,16,17). The molecule has 0 spiro atoms. The zero-order valence-corrected chi connectivity index (χ0v) is 12.4. The van der Waals surface area contributed by atoms with Gasteiger partial charge in [0.15, 0.2) is 0 Å². The van der Waals surface area contributed by atoms with E-state index in [0.29, 0.717) is 0 Å². The van der Waals surface area contributed by atoms with Gasteiger partial charge in [0.1, 0.15) is 4.90 Å². The number of anilines is 1. The van der Waals surface area contributed by atoms with Crippen LogP contribution in [0.15, 0.2) is 41.6 Å². The van der Waals surface area contributed by atoms with Crippen LogP contribution in [0, 0.1) is 0 Å². The first-order valence-corrected chi connectivity index (χ1v) is 7.97. The molecular formula is C13H14ClN3O2S. The maximum atomic E-state index is 12.3. The summed E-state index contributed by atoms with van der Waals surface area (Å²) in [4.78, 5) is 7.71. The Morgan fingerprint density at radius 3 is 2.60 bits per heavy atom. The van der Waals surface area contributed by atoms with Crippen LogP contribution in [0.1, 0.15) is 18.9 Å². The zero-order chi connectivity index (χ0) is 14.6. The van der Waals surface area contributed by atoms with Crippen LogP contribution < -0.4 is 4.72 Å². The summed E-state index contributed by atoms with van der Waals surface area (Å²) in [5.74, 6) is 0.0180. The molecule has 0 radical (unpaired) electrons. The van der Waals surface area contributed by atoms with Crippen molar-refractivity contribution in [3.05, 3.63) is 47.2 Å². The molecule has 20 heavy (non-hydrogen) atoms. The third kappa shape index (κ3) is 3.46. The summed E-state index contributed by atoms with van der Waals surface area (Å²) in [6, 6.07) is 6.60. The zero-order valence-electron chi connectivity index (χ0n) is 10.9. The third-order valence-electron chi connectivity index (χ3n) is 2.62. The minimum atomic E-state index is -3.79. The molecule has 1 aromatic carbocycles. The van der Waals surface area contributed by atoms with Crippen LogP contribution in [-0.2, 0) is 16.4 Å². The van der Waals surface area contributed by atoms with Crippen LogP contribution >= 0.6 is 11.6 Å². The molecule has 0 saturated carbocycles. The van der Waals surface area contributed by atoms with Gasteiger partial charge in [-0.25, -0.2) is 23.1 Å². The summed E-state index contributed by atoms with van der Waals surface area (Å²) in [6.07, 6.45) is 4.64. The van der Waals surface area contributed by atoms with Gasteiger partial charge in [-0.3, -0.25) is 0 Å². The second-order valence-electron chi connectivity index (χ2n) is 4.19. The van der Waals surface area contributed by atoms with Gasteiger partial charge in [-0.2, -0.15) is 0 Å². The second-order valence-corrected chi connectivity index (χ2v) is 6.25. The van der Waals surface area contributed by atoms with Crippen molar-refractivity contribution in [1.82, 2.24) is 9.97 Å². The fourth-order valence-corrected chi connectivity index (χ4v) is 3.23. The Hall–Kier alpha value is -1.66. The van der Waals surface area contributed by atoms with Gasteiger partial charge in [-0.15, -0.1) is 0 Å². The Balaban J connectivity index is 2.36. The maximum Gasteiger partial charge on any atom is 0.265 e. The summed E-state index contributed by atoms with van der Waals surface area (Å²) < 4.78 is 26.9. The van der Waals surface area contributed by atoms with Crippen LogP contribution in [-0.4, -0.2) is 18.4 Å². The minimum Gasteiger partial charge on any atom is -0.247 e. The quantitative estimate of drug-likeness (QED) is 0.921. The van der Waals surface area contributed by atoms with E-state index in [9.17, 15) is 8.42 Å². The SMILES string of the molecule is CCCc1ccc(Cl)c(S(=O)(=O)Nc2ncccn2)c1. The summed E-state index contributed by atoms with van der Waals surface area (Å²) in [5.41, 5.74) is 0.922. The summed E-state index contributed by atoms with van der Waals surface area (Å²) in [5, 5.41) is 0.174. The van der Waals surface area contributed by atoms with Crippen LogP contribution in [0.25, 0.3) is 0 Å². The molecule has 0 saturated heterocycles. The van der Waals surface area contributed by atoms with Crippen LogP contribution in [0.2, 0.25) is 5.02 Å². The van der Waals surface area contributed by atoms with Crippen LogP contribution in [0.4, 0.5) is 5.95 Å². The van der Waals surface area contributed by atoms with E-state index in [1.165, 1.54) is 12.4 Å². The van der Waals surface area contributed by atoms with E-state index in [1.54, 1.807) is 18.2 Å². The van der Waals surface area contributed by atoms with Crippen molar-refractivity contribution in [2.75, 3.05) is 4.72 Å². The lowest BCUT2D eigenvalue weighted by Crippen LogP contribution is -2.15. The third-order valence-corrected chi connectivity index (χ3v) is 4.42. The molecule has 5 nitrogen and oxygen atoms in total. The van der Waals surface area contributed by atoms with E-state index in [4.69, 9.17) is 11.6 Å². The molecule has 0 amide bonds. The largest absolute Gasteiger partial charge is 0.265 e. The van der Waals surface area contributed by atoms with E-state index >= 15 is 0 Å². The van der Waals surface area contributed by atoms with Crippen molar-refractivity contribution < 1.29 is 8.42 Å². The van der Waals surface area contributed by atoms with Crippen molar-refractivity contribution in [2.24, 2.45) is 0 Å². The number of hydrogen-bond donors (Lipinski definition) is 1. The molecule has 1 aromatic heterocycles. The number of sulfonamides is 1. The molecule has 1 heterocycles. The number of hydrogen-bond acceptors (Lipinski definition) is 4. The molecule has 0 fully saturated rings. The minimum absolute atomic E-state index is 0.0180. The first kappa shape index (κ1) is 14.7. The topological polar surface area (TPSA) is 72.0 Å². The highest BCUT2D eigenvalue weighted by atomic mass is 35.5. The molecule has 2 aromatic rings. The molecule has 0 bridgehead atoms. The lowest BCUT2D eigenvalue weighted by atomic mass is 10.1. The van der Waals surface area contributed by atoms with Gasteiger partial charge in [-0.05, 0) is 30.2 Å². The Bertz CT molecular complexity index is 690. The number of nitrogens with zero attached hydrogens (tertiary/aromatic N) is 2. The van der Waals surface area contributed by atoms with Crippen LogP contribution in [0.5, 0.6) is 0 Å². The predicted molar refractivity (Wildman–Crippen MR) is 78.3 cm³/mol. The number of halogens is 1. The number of aromatic nitrogens is 2. The molecular weight excluding hydrogens is 298 g/mol. The highest BCUT2D eigenvalue weighted by molar-refractivity contribution is 7.92. The molecule has 0 aliphatic rings. The van der Waals surface area contributed by atoms with Gasteiger partial charge in [0.2, 0.25) is 5.95 Å². The number of aryl methyl sites for hydroxylation is 1. The molecule has 1 N–H and O–H groups in total. The second kappa shape index (κ2) is 6.19. The fraction of sp³-hybridized carbons (Fsp3) is 0.231. The Kier molecular flexibility index (Phi) is 4.57. The van der Waals surface area contributed by atoms with Crippen molar-refractivity contribution in [1.29, 1.82) is 0 Å². The number of nitrogens with one attached hydrogen (secondary N) is 1. The normalized spacial score (nSPS) is 11.3. The van der Waals surface area contributed by atoms with Gasteiger partial charge in [0, 0.05) is 12.4 Å². The first-order chi connectivity index (χ1) is 9.53. The highest BCUT2D eigenvalue weighted by Gasteiger charge is 2.19. The van der Waals surface area contributed by atoms with Crippen molar-refractivity contribution in [3.8, 4) is 0 Å². The van der Waals surface area contributed by atoms with Crippen molar-refractivity contribution in [2.45, 2.75) is 24.7 Å². The average Bonchev–Trinajstić information content (AvgIpc) is 2.42. The molecule has 0 aliphatic carbocycles. The fourth-order valence-electron chi connectivity index (χ4n) is 1.72. The monoisotopic (exact) mass is 311 g/mol. The van der Waals surface area contributed by atoms with Gasteiger partial charge >= 0.3 is 0 Å². The van der Waals surface area contributed by atoms with E-state index in [-0.39, 0.29) is 15.9 Å². The number of rotatable bonds is 5. The average molecular weight is 312 g/mol. The number of benzene rings is 1. The molecule has 0 aliphatic heterocycles. The molecule has 106 valence electrons. The first-order valence-electron chi connectivity index (χ1n) is 6.11. The van der Waals surface area contributed by atoms with Gasteiger partial charge in [0.05, 0.1) is 5.02 Å². The van der Waals surface area contributed by atoms with Gasteiger partial charge < -0.3 is 0 Å². The van der Waals surface area contributed by atoms with E-state index in [0.717, 1.165) is 18.4 Å². The molecule has 0 atom stereocenters. The molecule has 7 heteroatoms. The summed E-state index contributed by atoms with van der Waals surface area (Å²) >= 11 is 5.99. The lowest BCUT2D eigenvalue weighted by Gasteiger charge is -2.09. The smallest absolute Gasteiger partial charge is 0.247 e. The predicted octanol–water partition coefficient (Wildman–Crippen LogP) is 2.88. The Labute approximate surface area is 123 Å². The van der Waals surface area contributed by atoms with Gasteiger partial charge in [-0.1, -0.05) is 31.0 Å². The molecule has 2 rings (SSSR count). The Morgan fingerprint density at radius 1 is 1.25 bits per heavy atom. The van der Waals surface area contributed by atoms with Gasteiger partial charge in [0.25, 0.3) is 10.0 Å². The van der Waals surface area contributed by atoms with Crippen molar-refractivity contribution >= 4 is 27.6 Å². The van der Waals surface area contributed by atoms with Crippen molar-refractivity contribution in [3.63, 3.8) is 0 Å². The Morgan fingerprint density at radius 2 is 1.95 bits per heavy atom. The van der Waals surface area contributed by atoms with E-state index in [2.05, 4.69) is 14.7 Å². The summed E-state index contributed by atoms with van der Waals surface area (Å²) in [7, 11) is -3.79. The van der Waals surface area contributed by atoms with E-state index < -0.39 is 10.0 Å². The van der Waals surface area contributed by atoms with E-state index in [1.807, 2.05) is 13.0 Å². The molecule has 0 unspecified atom stereocenters.